The van der Waals surface area contributed by atoms with Gasteiger partial charge in [0.2, 0.25) is 5.91 Å². The maximum absolute atomic E-state index is 14.8. The standard InChI is InChI=1S/C42H49N5O6/c1-41(2,3)37(44-40(52)53-4)38(50)45-46(26-29-14-16-30(17-15-29)31-18-21-43-22-19-31)23-20-42(25-28-10-6-5-7-11-28)35(49)27-47(39(42)51)36-33-13-9-8-12-32(33)24-34(36)48/h5-19,21-22,34-37,48-49H,20,23-27H2,1-4H3,(H,44,52)(H,45,50)/t34-,35+,36?,37-,42+/m1/s1. The molecule has 0 bridgehead atoms. The number of hydrazine groups is 1. The van der Waals surface area contributed by atoms with Gasteiger partial charge in [-0.1, -0.05) is 99.6 Å². The van der Waals surface area contributed by atoms with Crippen LogP contribution >= 0.6 is 0 Å². The number of pyridine rings is 1. The lowest BCUT2D eigenvalue weighted by atomic mass is 9.75. The van der Waals surface area contributed by atoms with Crippen LogP contribution in [-0.4, -0.2) is 81.5 Å². The molecule has 0 saturated carbocycles. The number of alkyl carbamates (subject to hydrolysis) is 1. The number of methoxy groups -OCH3 is 1. The van der Waals surface area contributed by atoms with Gasteiger partial charge in [-0.15, -0.1) is 0 Å². The Bertz CT molecular complexity index is 1880. The lowest BCUT2D eigenvalue weighted by Crippen LogP contribution is -2.57. The quantitative estimate of drug-likeness (QED) is 0.153. The molecule has 1 fully saturated rings. The molecule has 53 heavy (non-hydrogen) atoms. The molecular weight excluding hydrogens is 670 g/mol. The van der Waals surface area contributed by atoms with Gasteiger partial charge >= 0.3 is 6.09 Å². The highest BCUT2D eigenvalue weighted by molar-refractivity contribution is 5.87. The van der Waals surface area contributed by atoms with E-state index in [1.54, 1.807) is 22.3 Å². The summed E-state index contributed by atoms with van der Waals surface area (Å²) < 4.78 is 4.83. The first-order valence-corrected chi connectivity index (χ1v) is 18.1. The molecule has 278 valence electrons. The van der Waals surface area contributed by atoms with Gasteiger partial charge in [-0.05, 0) is 63.8 Å². The maximum Gasteiger partial charge on any atom is 0.407 e. The van der Waals surface area contributed by atoms with Crippen LogP contribution in [0, 0.1) is 10.8 Å². The van der Waals surface area contributed by atoms with Crippen LogP contribution in [0.25, 0.3) is 11.1 Å². The zero-order valence-electron chi connectivity index (χ0n) is 30.7. The summed E-state index contributed by atoms with van der Waals surface area (Å²) in [5.74, 6) is -0.679. The second kappa shape index (κ2) is 15.9. The minimum absolute atomic E-state index is 0.0691. The summed E-state index contributed by atoms with van der Waals surface area (Å²) in [6, 6.07) is 27.7. The second-order valence-electron chi connectivity index (χ2n) is 15.2. The lowest BCUT2D eigenvalue weighted by Gasteiger charge is -2.36. The number of fused-ring (bicyclic) bond motifs is 1. The van der Waals surface area contributed by atoms with Gasteiger partial charge in [0, 0.05) is 38.4 Å². The van der Waals surface area contributed by atoms with Crippen molar-refractivity contribution in [1.82, 2.24) is 25.6 Å². The molecule has 11 heteroatoms. The highest BCUT2D eigenvalue weighted by Crippen LogP contribution is 2.46. The van der Waals surface area contributed by atoms with E-state index in [0.717, 1.165) is 33.4 Å². The molecule has 4 N–H and O–H groups in total. The molecule has 1 unspecified atom stereocenters. The topological polar surface area (TPSA) is 144 Å². The van der Waals surface area contributed by atoms with Crippen molar-refractivity contribution in [2.45, 2.75) is 70.9 Å². The zero-order valence-corrected chi connectivity index (χ0v) is 30.7. The van der Waals surface area contributed by atoms with Crippen LogP contribution in [0.1, 0.15) is 55.5 Å². The fourth-order valence-electron chi connectivity index (χ4n) is 7.71. The highest BCUT2D eigenvalue weighted by Gasteiger charge is 2.56. The Morgan fingerprint density at radius 2 is 1.60 bits per heavy atom. The number of carbonyl (C=O) groups excluding carboxylic acids is 3. The van der Waals surface area contributed by atoms with Crippen LogP contribution < -0.4 is 10.7 Å². The lowest BCUT2D eigenvalue weighted by molar-refractivity contribution is -0.142. The predicted molar refractivity (Wildman–Crippen MR) is 201 cm³/mol. The third-order valence-electron chi connectivity index (χ3n) is 10.6. The molecule has 11 nitrogen and oxygen atoms in total. The minimum Gasteiger partial charge on any atom is -0.453 e. The zero-order chi connectivity index (χ0) is 37.8. The van der Waals surface area contributed by atoms with E-state index >= 15 is 0 Å². The molecule has 5 atom stereocenters. The van der Waals surface area contributed by atoms with E-state index < -0.39 is 47.1 Å². The predicted octanol–water partition coefficient (Wildman–Crippen LogP) is 4.83. The van der Waals surface area contributed by atoms with Crippen molar-refractivity contribution in [3.63, 3.8) is 0 Å². The van der Waals surface area contributed by atoms with Crippen molar-refractivity contribution in [2.75, 3.05) is 20.2 Å². The summed E-state index contributed by atoms with van der Waals surface area (Å²) >= 11 is 0. The number of aliphatic hydroxyl groups excluding tert-OH is 2. The number of hydrogen-bond donors (Lipinski definition) is 4. The van der Waals surface area contributed by atoms with Crippen molar-refractivity contribution in [2.24, 2.45) is 10.8 Å². The molecule has 4 aromatic rings. The van der Waals surface area contributed by atoms with E-state index in [0.29, 0.717) is 6.42 Å². The van der Waals surface area contributed by atoms with E-state index in [2.05, 4.69) is 15.7 Å². The number of aliphatic hydroxyl groups is 2. The first-order chi connectivity index (χ1) is 25.4. The smallest absolute Gasteiger partial charge is 0.407 e. The van der Waals surface area contributed by atoms with Gasteiger partial charge in [0.25, 0.3) is 5.91 Å². The molecule has 6 rings (SSSR count). The Labute approximate surface area is 311 Å². The maximum atomic E-state index is 14.8. The molecule has 1 saturated heterocycles. The van der Waals surface area contributed by atoms with Crippen LogP contribution in [0.2, 0.25) is 0 Å². The molecule has 2 heterocycles. The van der Waals surface area contributed by atoms with Crippen LogP contribution in [0.4, 0.5) is 4.79 Å². The Kier molecular flexibility index (Phi) is 11.3. The van der Waals surface area contributed by atoms with Crippen LogP contribution in [0.15, 0.2) is 103 Å². The van der Waals surface area contributed by atoms with Gasteiger partial charge in [0.05, 0.1) is 30.8 Å². The Hall–Kier alpha value is -5.10. The summed E-state index contributed by atoms with van der Waals surface area (Å²) in [7, 11) is 1.25. The monoisotopic (exact) mass is 719 g/mol. The Morgan fingerprint density at radius 3 is 2.28 bits per heavy atom. The van der Waals surface area contributed by atoms with E-state index in [1.807, 2.05) is 112 Å². The Morgan fingerprint density at radius 1 is 0.943 bits per heavy atom. The van der Waals surface area contributed by atoms with Gasteiger partial charge in [0.1, 0.15) is 6.04 Å². The molecule has 0 spiro atoms. The van der Waals surface area contributed by atoms with Gasteiger partial charge in [-0.3, -0.25) is 20.0 Å². The van der Waals surface area contributed by atoms with E-state index in [9.17, 15) is 24.6 Å². The number of benzene rings is 3. The van der Waals surface area contributed by atoms with Crippen molar-refractivity contribution in [3.8, 4) is 11.1 Å². The molecule has 1 aliphatic heterocycles. The molecular formula is C42H49N5O6. The van der Waals surface area contributed by atoms with Crippen LogP contribution in [-0.2, 0) is 33.7 Å². The van der Waals surface area contributed by atoms with Crippen molar-refractivity contribution in [3.05, 3.63) is 126 Å². The first kappa shape index (κ1) is 37.7. The number of β-amino-alcohol motifs (C(OH)–C–C–N with tert-alkyl or cyclic N) is 1. The molecule has 2 aliphatic rings. The molecule has 3 amide bonds. The number of nitrogens with zero attached hydrogens (tertiary/aromatic N) is 3. The van der Waals surface area contributed by atoms with Gasteiger partial charge in [0.15, 0.2) is 0 Å². The third kappa shape index (κ3) is 8.27. The SMILES string of the molecule is COC(=O)N[C@H](C(=O)NN(CC[C@@]1(Cc2ccccc2)C(=O)N(C2c3ccccc3C[C@H]2O)C[C@@H]1O)Cc1ccc(-c2ccncc2)cc1)C(C)(C)C. The number of amides is 3. The fraction of sp³-hybridized carbons (Fsp3) is 0.381. The number of likely N-dealkylation sites (tertiary alicyclic amines) is 1. The van der Waals surface area contributed by atoms with Gasteiger partial charge in [-0.2, -0.15) is 0 Å². The van der Waals surface area contributed by atoms with Crippen molar-refractivity contribution >= 4 is 17.9 Å². The van der Waals surface area contributed by atoms with Crippen LogP contribution in [0.5, 0.6) is 0 Å². The number of carbonyl (C=O) groups is 3. The van der Waals surface area contributed by atoms with E-state index in [1.165, 1.54) is 7.11 Å². The largest absolute Gasteiger partial charge is 0.453 e. The van der Waals surface area contributed by atoms with Crippen molar-refractivity contribution in [1.29, 1.82) is 0 Å². The molecule has 3 aromatic carbocycles. The summed E-state index contributed by atoms with van der Waals surface area (Å²) in [6.45, 7) is 6.09. The normalized spacial score (nSPS) is 21.7. The molecule has 1 aromatic heterocycles. The fourth-order valence-corrected chi connectivity index (χ4v) is 7.71. The van der Waals surface area contributed by atoms with E-state index in [-0.39, 0.29) is 38.4 Å². The second-order valence-corrected chi connectivity index (χ2v) is 15.2. The highest BCUT2D eigenvalue weighted by atomic mass is 16.5. The van der Waals surface area contributed by atoms with Crippen molar-refractivity contribution < 1.29 is 29.3 Å². The average molecular weight is 720 g/mol. The van der Waals surface area contributed by atoms with Crippen LogP contribution in [0.3, 0.4) is 0 Å². The summed E-state index contributed by atoms with van der Waals surface area (Å²) in [5.41, 5.74) is 6.84. The van der Waals surface area contributed by atoms with Gasteiger partial charge < -0.3 is 25.2 Å². The summed E-state index contributed by atoms with van der Waals surface area (Å²) in [6.07, 6.45) is 1.82. The minimum atomic E-state index is -1.25. The summed E-state index contributed by atoms with van der Waals surface area (Å²) in [5, 5.41) is 27.6. The third-order valence-corrected chi connectivity index (χ3v) is 10.6. The molecule has 0 radical (unpaired) electrons. The Balaban J connectivity index is 1.31. The molecule has 1 aliphatic carbocycles. The number of aromatic nitrogens is 1. The summed E-state index contributed by atoms with van der Waals surface area (Å²) in [4.78, 5) is 46.9. The number of rotatable bonds is 12. The first-order valence-electron chi connectivity index (χ1n) is 18.1. The average Bonchev–Trinajstić information content (AvgIpc) is 3.60. The number of hydrogen-bond acceptors (Lipinski definition) is 8. The number of ether oxygens (including phenoxy) is 1. The number of nitrogens with one attached hydrogen (secondary N) is 2. The van der Waals surface area contributed by atoms with Gasteiger partial charge in [-0.25, -0.2) is 9.80 Å². The van der Waals surface area contributed by atoms with E-state index in [4.69, 9.17) is 4.74 Å².